The maximum Gasteiger partial charge on any atom is 0.255 e. The largest absolute Gasteiger partial charge is 0.484 e. The second kappa shape index (κ2) is 14.8. The molecule has 1 aliphatic heterocycles. The van der Waals surface area contributed by atoms with E-state index >= 15 is 0 Å². The number of aliphatic imine (C=N–C) groups is 1. The number of carbonyl (C=O) groups is 1. The van der Waals surface area contributed by atoms with Gasteiger partial charge in [-0.25, -0.2) is 0 Å². The Bertz CT molecular complexity index is 836. The number of hydrogen-bond donors (Lipinski definition) is 3. The number of halogens is 1. The maximum absolute atomic E-state index is 10.8. The molecule has 2 aromatic rings. The van der Waals surface area contributed by atoms with E-state index in [0.29, 0.717) is 12.3 Å². The van der Waals surface area contributed by atoms with Crippen molar-refractivity contribution in [2.24, 2.45) is 10.7 Å². The lowest BCUT2D eigenvalue weighted by Gasteiger charge is -2.32. The summed E-state index contributed by atoms with van der Waals surface area (Å²) in [5.74, 6) is 1.94. The number of nitrogens with zero attached hydrogens (tertiary/aromatic N) is 2. The van der Waals surface area contributed by atoms with Crippen LogP contribution in [0.2, 0.25) is 0 Å². The first kappa shape index (κ1) is 27.0. The van der Waals surface area contributed by atoms with Crippen LogP contribution in [0.1, 0.15) is 43.6 Å². The molecule has 2 heterocycles. The van der Waals surface area contributed by atoms with Gasteiger partial charge in [0.25, 0.3) is 5.91 Å². The Hall–Kier alpha value is -2.27. The highest BCUT2D eigenvalue weighted by Gasteiger charge is 2.24. The lowest BCUT2D eigenvalue weighted by molar-refractivity contribution is -0.119. The van der Waals surface area contributed by atoms with Crippen molar-refractivity contribution in [2.75, 3.05) is 39.3 Å². The van der Waals surface area contributed by atoms with Crippen LogP contribution in [-0.2, 0) is 11.2 Å². The Morgan fingerprint density at radius 1 is 1.18 bits per heavy atom. The zero-order chi connectivity index (χ0) is 22.6. The summed E-state index contributed by atoms with van der Waals surface area (Å²) in [6, 6.07) is 11.8. The minimum absolute atomic E-state index is 0. The smallest absolute Gasteiger partial charge is 0.255 e. The van der Waals surface area contributed by atoms with Gasteiger partial charge in [-0.2, -0.15) is 0 Å². The van der Waals surface area contributed by atoms with Crippen molar-refractivity contribution >= 4 is 35.8 Å². The van der Waals surface area contributed by atoms with Crippen LogP contribution >= 0.6 is 24.0 Å². The Morgan fingerprint density at radius 2 is 1.94 bits per heavy atom. The summed E-state index contributed by atoms with van der Waals surface area (Å²) in [5, 5.41) is 6.76. The zero-order valence-electron chi connectivity index (χ0n) is 19.3. The molecule has 8 nitrogen and oxygen atoms in total. The molecule has 0 spiro atoms. The predicted molar refractivity (Wildman–Crippen MR) is 141 cm³/mol. The van der Waals surface area contributed by atoms with E-state index in [2.05, 4.69) is 22.5 Å². The molecule has 0 saturated carbocycles. The van der Waals surface area contributed by atoms with Crippen LogP contribution < -0.4 is 21.1 Å². The number of piperidine rings is 1. The number of nitrogens with one attached hydrogen (secondary N) is 2. The van der Waals surface area contributed by atoms with E-state index in [1.54, 1.807) is 6.26 Å². The number of carbonyl (C=O) groups excluding carboxylic acids is 1. The molecule has 3 rings (SSSR count). The lowest BCUT2D eigenvalue weighted by Crippen LogP contribution is -2.40. The SMILES string of the molecule is CCNC(=NCC(c1ccco1)N1CCCCC1)NCCc1ccc(OCC(N)=O)cc1.I. The number of likely N-dealkylation sites (tertiary alicyclic amines) is 1. The average Bonchev–Trinajstić information content (AvgIpc) is 3.34. The molecule has 1 fully saturated rings. The van der Waals surface area contributed by atoms with Gasteiger partial charge >= 0.3 is 0 Å². The highest BCUT2D eigenvalue weighted by molar-refractivity contribution is 14.0. The number of ether oxygens (including phenoxy) is 1. The normalized spacial score (nSPS) is 15.4. The number of benzene rings is 1. The van der Waals surface area contributed by atoms with Crippen LogP contribution in [0.15, 0.2) is 52.1 Å². The monoisotopic (exact) mass is 569 g/mol. The fourth-order valence-electron chi connectivity index (χ4n) is 3.85. The third-order valence-corrected chi connectivity index (χ3v) is 5.48. The second-order valence-corrected chi connectivity index (χ2v) is 7.92. The Labute approximate surface area is 213 Å². The van der Waals surface area contributed by atoms with Crippen molar-refractivity contribution in [3.05, 3.63) is 54.0 Å². The standard InChI is InChI=1S/C24H35N5O3.HI/c1-2-26-24(27-13-12-19-8-10-20(11-9-19)32-18-23(25)30)28-17-21(22-7-6-16-31-22)29-14-4-3-5-15-29;/h6-11,16,21H,2-5,12-15,17-18H2,1H3,(H2,25,30)(H2,26,27,28);1H. The van der Waals surface area contributed by atoms with Gasteiger partial charge in [-0.05, 0) is 69.1 Å². The molecule has 1 unspecified atom stereocenters. The summed E-state index contributed by atoms with van der Waals surface area (Å²) in [4.78, 5) is 18.2. The summed E-state index contributed by atoms with van der Waals surface area (Å²) in [6.45, 7) is 6.33. The van der Waals surface area contributed by atoms with E-state index in [-0.39, 0.29) is 36.6 Å². The van der Waals surface area contributed by atoms with E-state index in [1.807, 2.05) is 36.4 Å². The summed E-state index contributed by atoms with van der Waals surface area (Å²) in [6.07, 6.45) is 6.34. The van der Waals surface area contributed by atoms with Gasteiger partial charge in [0.15, 0.2) is 12.6 Å². The van der Waals surface area contributed by atoms with E-state index < -0.39 is 5.91 Å². The lowest BCUT2D eigenvalue weighted by atomic mass is 10.1. The summed E-state index contributed by atoms with van der Waals surface area (Å²) >= 11 is 0. The second-order valence-electron chi connectivity index (χ2n) is 7.92. The molecule has 0 aliphatic carbocycles. The van der Waals surface area contributed by atoms with Gasteiger partial charge in [-0.15, -0.1) is 24.0 Å². The van der Waals surface area contributed by atoms with Gasteiger partial charge < -0.3 is 25.5 Å². The Kier molecular flexibility index (Phi) is 12.1. The van der Waals surface area contributed by atoms with Gasteiger partial charge in [-0.1, -0.05) is 18.6 Å². The van der Waals surface area contributed by atoms with Gasteiger partial charge in [0.1, 0.15) is 11.5 Å². The molecule has 33 heavy (non-hydrogen) atoms. The summed E-state index contributed by atoms with van der Waals surface area (Å²) in [5.41, 5.74) is 6.27. The van der Waals surface area contributed by atoms with Crippen molar-refractivity contribution in [3.8, 4) is 5.75 Å². The molecular weight excluding hydrogens is 533 g/mol. The summed E-state index contributed by atoms with van der Waals surface area (Å²) in [7, 11) is 0. The molecule has 1 aromatic heterocycles. The molecule has 1 atom stereocenters. The van der Waals surface area contributed by atoms with Gasteiger partial charge in [0.05, 0.1) is 18.8 Å². The van der Waals surface area contributed by atoms with Crippen LogP contribution in [-0.4, -0.2) is 56.1 Å². The molecule has 1 saturated heterocycles. The number of guanidine groups is 1. The van der Waals surface area contributed by atoms with Crippen molar-refractivity contribution in [1.82, 2.24) is 15.5 Å². The quantitative estimate of drug-likeness (QED) is 0.218. The molecule has 1 amide bonds. The summed E-state index contributed by atoms with van der Waals surface area (Å²) < 4.78 is 11.0. The molecular formula is C24H36IN5O3. The number of rotatable bonds is 11. The fraction of sp³-hybridized carbons (Fsp3) is 0.500. The fourth-order valence-corrected chi connectivity index (χ4v) is 3.85. The first-order chi connectivity index (χ1) is 15.7. The van der Waals surface area contributed by atoms with Gasteiger partial charge in [0, 0.05) is 13.1 Å². The van der Waals surface area contributed by atoms with Crippen molar-refractivity contribution < 1.29 is 13.9 Å². The molecule has 182 valence electrons. The van der Waals surface area contributed by atoms with Crippen molar-refractivity contribution in [2.45, 2.75) is 38.6 Å². The molecule has 9 heteroatoms. The van der Waals surface area contributed by atoms with Gasteiger partial charge in [-0.3, -0.25) is 14.7 Å². The number of furan rings is 1. The first-order valence-electron chi connectivity index (χ1n) is 11.5. The van der Waals surface area contributed by atoms with E-state index in [4.69, 9.17) is 19.9 Å². The minimum atomic E-state index is -0.483. The van der Waals surface area contributed by atoms with E-state index in [0.717, 1.165) is 44.3 Å². The van der Waals surface area contributed by atoms with E-state index in [9.17, 15) is 4.79 Å². The first-order valence-corrected chi connectivity index (χ1v) is 11.5. The number of primary amides is 1. The molecule has 0 bridgehead atoms. The minimum Gasteiger partial charge on any atom is -0.484 e. The van der Waals surface area contributed by atoms with Crippen LogP contribution in [0, 0.1) is 0 Å². The van der Waals surface area contributed by atoms with Crippen molar-refractivity contribution in [1.29, 1.82) is 0 Å². The Balaban J connectivity index is 0.00000385. The number of nitrogens with two attached hydrogens (primary N) is 1. The highest BCUT2D eigenvalue weighted by atomic mass is 127. The Morgan fingerprint density at radius 3 is 2.58 bits per heavy atom. The molecule has 1 aromatic carbocycles. The third kappa shape index (κ3) is 9.24. The van der Waals surface area contributed by atoms with Gasteiger partial charge in [0.2, 0.25) is 0 Å². The number of hydrogen-bond acceptors (Lipinski definition) is 5. The zero-order valence-corrected chi connectivity index (χ0v) is 21.6. The van der Waals surface area contributed by atoms with Crippen LogP contribution in [0.3, 0.4) is 0 Å². The maximum atomic E-state index is 10.8. The molecule has 0 radical (unpaired) electrons. The van der Waals surface area contributed by atoms with E-state index in [1.165, 1.54) is 24.8 Å². The van der Waals surface area contributed by atoms with Crippen LogP contribution in [0.5, 0.6) is 5.75 Å². The third-order valence-electron chi connectivity index (χ3n) is 5.48. The van der Waals surface area contributed by atoms with Crippen LogP contribution in [0.4, 0.5) is 0 Å². The van der Waals surface area contributed by atoms with Crippen LogP contribution in [0.25, 0.3) is 0 Å². The highest BCUT2D eigenvalue weighted by Crippen LogP contribution is 2.25. The topological polar surface area (TPSA) is 105 Å². The average molecular weight is 569 g/mol. The molecule has 1 aliphatic rings. The van der Waals surface area contributed by atoms with Crippen molar-refractivity contribution in [3.63, 3.8) is 0 Å². The molecule has 4 N–H and O–H groups in total. The number of amides is 1. The predicted octanol–water partition coefficient (Wildman–Crippen LogP) is 3.09.